The number of halogens is 3. The lowest BCUT2D eigenvalue weighted by atomic mass is 10.2. The molecule has 0 aliphatic rings. The molecule has 108 valence electrons. The van der Waals surface area contributed by atoms with Gasteiger partial charge in [-0.05, 0) is 25.1 Å². The summed E-state index contributed by atoms with van der Waals surface area (Å²) in [6.07, 6.45) is 1.49. The van der Waals surface area contributed by atoms with Gasteiger partial charge in [-0.3, -0.25) is 0 Å². The molecule has 20 heavy (non-hydrogen) atoms. The van der Waals surface area contributed by atoms with Gasteiger partial charge in [-0.1, -0.05) is 6.92 Å². The fourth-order valence-electron chi connectivity index (χ4n) is 1.65. The molecule has 0 amide bonds. The van der Waals surface area contributed by atoms with E-state index >= 15 is 0 Å². The van der Waals surface area contributed by atoms with Crippen LogP contribution < -0.4 is 5.32 Å². The molecule has 0 aliphatic heterocycles. The highest BCUT2D eigenvalue weighted by molar-refractivity contribution is 5.53. The molecule has 0 atom stereocenters. The monoisotopic (exact) mass is 285 g/mol. The predicted octanol–water partition coefficient (Wildman–Crippen LogP) is 2.70. The van der Waals surface area contributed by atoms with E-state index in [1.807, 2.05) is 6.92 Å². The fourth-order valence-corrected chi connectivity index (χ4v) is 1.65. The Morgan fingerprint density at radius 2 is 1.90 bits per heavy atom. The van der Waals surface area contributed by atoms with Gasteiger partial charge < -0.3 is 9.73 Å². The molecule has 7 heteroatoms. The van der Waals surface area contributed by atoms with Crippen molar-refractivity contribution in [2.75, 3.05) is 13.1 Å². The highest BCUT2D eigenvalue weighted by Crippen LogP contribution is 2.24. The molecule has 4 nitrogen and oxygen atoms in total. The number of nitrogens with one attached hydrogen (secondary N) is 1. The molecule has 0 saturated carbocycles. The third-order valence-electron chi connectivity index (χ3n) is 2.67. The van der Waals surface area contributed by atoms with Crippen LogP contribution in [0.25, 0.3) is 11.5 Å². The third-order valence-corrected chi connectivity index (χ3v) is 2.67. The molecular weight excluding hydrogens is 271 g/mol. The first-order valence-electron chi connectivity index (χ1n) is 6.30. The molecule has 1 aromatic carbocycles. The summed E-state index contributed by atoms with van der Waals surface area (Å²) in [7, 11) is 0. The van der Waals surface area contributed by atoms with Crippen LogP contribution in [0.4, 0.5) is 13.2 Å². The fraction of sp³-hybridized carbons (Fsp3) is 0.385. The summed E-state index contributed by atoms with van der Waals surface area (Å²) in [6, 6.07) is 1.89. The van der Waals surface area contributed by atoms with Crippen molar-refractivity contribution in [3.8, 4) is 11.5 Å². The van der Waals surface area contributed by atoms with E-state index in [0.717, 1.165) is 25.1 Å². The van der Waals surface area contributed by atoms with E-state index in [1.165, 1.54) is 0 Å². The molecule has 0 unspecified atom stereocenters. The average Bonchev–Trinajstić information content (AvgIpc) is 2.90. The molecule has 0 aliphatic carbocycles. The lowest BCUT2D eigenvalue weighted by Gasteiger charge is -2.00. The molecule has 0 fully saturated rings. The van der Waals surface area contributed by atoms with Gasteiger partial charge in [0.25, 0.3) is 5.89 Å². The van der Waals surface area contributed by atoms with Crippen LogP contribution in [0.15, 0.2) is 16.5 Å². The van der Waals surface area contributed by atoms with Crippen molar-refractivity contribution in [1.29, 1.82) is 0 Å². The zero-order chi connectivity index (χ0) is 14.5. The molecule has 0 bridgehead atoms. The lowest BCUT2D eigenvalue weighted by molar-refractivity contribution is 0.443. The van der Waals surface area contributed by atoms with Crippen LogP contribution in [-0.4, -0.2) is 23.3 Å². The van der Waals surface area contributed by atoms with Crippen molar-refractivity contribution < 1.29 is 17.6 Å². The number of hydrogen-bond acceptors (Lipinski definition) is 4. The number of hydrogen-bond donors (Lipinski definition) is 1. The largest absolute Gasteiger partial charge is 0.421 e. The van der Waals surface area contributed by atoms with Crippen LogP contribution >= 0.6 is 0 Å². The summed E-state index contributed by atoms with van der Waals surface area (Å²) in [4.78, 5) is 0. The van der Waals surface area contributed by atoms with Crippen LogP contribution in [0.3, 0.4) is 0 Å². The smallest absolute Gasteiger partial charge is 0.250 e. The summed E-state index contributed by atoms with van der Waals surface area (Å²) in [5.41, 5.74) is -0.246. The Kier molecular flexibility index (Phi) is 4.73. The first-order valence-corrected chi connectivity index (χ1v) is 6.30. The maximum atomic E-state index is 13.6. The van der Waals surface area contributed by atoms with Gasteiger partial charge >= 0.3 is 0 Å². The van der Waals surface area contributed by atoms with Crippen LogP contribution in [0.1, 0.15) is 19.2 Å². The molecule has 0 radical (unpaired) electrons. The molecule has 1 aromatic heterocycles. The van der Waals surface area contributed by atoms with Crippen molar-refractivity contribution in [3.63, 3.8) is 0 Å². The summed E-state index contributed by atoms with van der Waals surface area (Å²) in [6.45, 7) is 3.57. The van der Waals surface area contributed by atoms with Crippen molar-refractivity contribution in [1.82, 2.24) is 15.5 Å². The van der Waals surface area contributed by atoms with E-state index < -0.39 is 17.5 Å². The van der Waals surface area contributed by atoms with Crippen molar-refractivity contribution >= 4 is 0 Å². The molecule has 1 N–H and O–H groups in total. The maximum Gasteiger partial charge on any atom is 0.250 e. The van der Waals surface area contributed by atoms with Gasteiger partial charge in [-0.25, -0.2) is 13.2 Å². The van der Waals surface area contributed by atoms with Gasteiger partial charge in [0.1, 0.15) is 0 Å². The Morgan fingerprint density at radius 3 is 2.65 bits per heavy atom. The number of aromatic nitrogens is 2. The van der Waals surface area contributed by atoms with Gasteiger partial charge in [0.15, 0.2) is 17.5 Å². The quantitative estimate of drug-likeness (QED) is 0.655. The van der Waals surface area contributed by atoms with Crippen LogP contribution in [0, 0.1) is 17.5 Å². The number of nitrogens with zero attached hydrogens (tertiary/aromatic N) is 2. The minimum absolute atomic E-state index is 0.160. The Hall–Kier alpha value is -1.89. The van der Waals surface area contributed by atoms with Crippen molar-refractivity contribution in [2.24, 2.45) is 0 Å². The second kappa shape index (κ2) is 6.51. The Bertz CT molecular complexity index is 586. The van der Waals surface area contributed by atoms with E-state index in [4.69, 9.17) is 4.42 Å². The van der Waals surface area contributed by atoms with Gasteiger partial charge in [-0.2, -0.15) is 0 Å². The SMILES string of the molecule is CCCNCCc1nnc(-c2ccc(F)c(F)c2F)o1. The standard InChI is InChI=1S/C13H14F3N3O/c1-2-6-17-7-5-10-18-19-13(20-10)8-3-4-9(14)12(16)11(8)15/h3-4,17H,2,5-7H2,1H3. The second-order valence-electron chi connectivity index (χ2n) is 4.22. The van der Waals surface area contributed by atoms with Crippen LogP contribution in [0.5, 0.6) is 0 Å². The topological polar surface area (TPSA) is 51.0 Å². The number of benzene rings is 1. The average molecular weight is 285 g/mol. The van der Waals surface area contributed by atoms with Crippen LogP contribution in [0.2, 0.25) is 0 Å². The van der Waals surface area contributed by atoms with E-state index in [-0.39, 0.29) is 11.5 Å². The molecule has 0 spiro atoms. The summed E-state index contributed by atoms with van der Waals surface area (Å²) in [5.74, 6) is -3.98. The summed E-state index contributed by atoms with van der Waals surface area (Å²) < 4.78 is 44.7. The van der Waals surface area contributed by atoms with Gasteiger partial charge in [0, 0.05) is 13.0 Å². The lowest BCUT2D eigenvalue weighted by Crippen LogP contribution is -2.17. The first kappa shape index (κ1) is 14.5. The molecular formula is C13H14F3N3O. The van der Waals surface area contributed by atoms with Crippen molar-refractivity contribution in [2.45, 2.75) is 19.8 Å². The summed E-state index contributed by atoms with van der Waals surface area (Å²) >= 11 is 0. The maximum absolute atomic E-state index is 13.6. The van der Waals surface area contributed by atoms with E-state index in [2.05, 4.69) is 15.5 Å². The highest BCUT2D eigenvalue weighted by Gasteiger charge is 2.18. The molecule has 2 rings (SSSR count). The van der Waals surface area contributed by atoms with Gasteiger partial charge in [0.2, 0.25) is 5.89 Å². The molecule has 0 saturated heterocycles. The van der Waals surface area contributed by atoms with Crippen LogP contribution in [-0.2, 0) is 6.42 Å². The van der Waals surface area contributed by atoms with E-state index in [9.17, 15) is 13.2 Å². The predicted molar refractivity (Wildman–Crippen MR) is 66.5 cm³/mol. The molecule has 2 aromatic rings. The normalized spacial score (nSPS) is 11.0. The minimum Gasteiger partial charge on any atom is -0.421 e. The molecule has 1 heterocycles. The zero-order valence-corrected chi connectivity index (χ0v) is 10.9. The second-order valence-corrected chi connectivity index (χ2v) is 4.22. The van der Waals surface area contributed by atoms with E-state index in [1.54, 1.807) is 0 Å². The zero-order valence-electron chi connectivity index (χ0n) is 10.9. The Balaban J connectivity index is 2.11. The van der Waals surface area contributed by atoms with Gasteiger partial charge in [0.05, 0.1) is 5.56 Å². The first-order chi connectivity index (χ1) is 9.63. The van der Waals surface area contributed by atoms with Gasteiger partial charge in [-0.15, -0.1) is 10.2 Å². The highest BCUT2D eigenvalue weighted by atomic mass is 19.2. The van der Waals surface area contributed by atoms with E-state index in [0.29, 0.717) is 18.9 Å². The number of rotatable bonds is 6. The summed E-state index contributed by atoms with van der Waals surface area (Å²) in [5, 5.41) is 10.5. The Morgan fingerprint density at radius 1 is 1.10 bits per heavy atom. The third kappa shape index (κ3) is 3.16. The van der Waals surface area contributed by atoms with Crippen molar-refractivity contribution in [3.05, 3.63) is 35.5 Å². The minimum atomic E-state index is -1.55. The Labute approximate surface area is 114 Å².